The number of nitrogen functional groups attached to an aromatic ring is 3. The molecule has 3 aromatic heterocycles. The van der Waals surface area contributed by atoms with Crippen molar-refractivity contribution in [2.45, 2.75) is 6.61 Å². The molecule has 89 heavy (non-hydrogen) atoms. The Morgan fingerprint density at radius 1 is 0.539 bits per heavy atom. The highest BCUT2D eigenvalue weighted by molar-refractivity contribution is 6.32. The maximum absolute atomic E-state index is 12.2. The third-order valence-electron chi connectivity index (χ3n) is 12.4. The molecule has 9 N–H and O–H groups in total. The van der Waals surface area contributed by atoms with Gasteiger partial charge in [-0.05, 0) is 72.3 Å². The number of hydrogen-bond donors (Lipinski definition) is 6. The van der Waals surface area contributed by atoms with Crippen LogP contribution in [0.1, 0.15) is 22.3 Å². The van der Waals surface area contributed by atoms with Crippen molar-refractivity contribution in [1.82, 2.24) is 34.8 Å². The van der Waals surface area contributed by atoms with Gasteiger partial charge in [0.1, 0.15) is 92.0 Å². The van der Waals surface area contributed by atoms with Gasteiger partial charge in [0.05, 0.1) is 67.8 Å². The van der Waals surface area contributed by atoms with Crippen LogP contribution in [-0.2, 0) is 30.7 Å². The molecular formula is C62H63ClN16O10. The first-order valence-corrected chi connectivity index (χ1v) is 27.4. The van der Waals surface area contributed by atoms with Crippen LogP contribution in [0.25, 0.3) is 0 Å². The first kappa shape index (κ1) is 63.5. The Labute approximate surface area is 517 Å². The van der Waals surface area contributed by atoms with Gasteiger partial charge < -0.3 is 81.0 Å². The van der Waals surface area contributed by atoms with E-state index in [1.807, 2.05) is 115 Å². The molecule has 0 spiro atoms. The fourth-order valence-corrected chi connectivity index (χ4v) is 8.17. The number of methoxy groups -OCH3 is 2. The van der Waals surface area contributed by atoms with E-state index in [1.165, 1.54) is 51.8 Å². The predicted octanol–water partition coefficient (Wildman–Crippen LogP) is 10.4. The van der Waals surface area contributed by atoms with Crippen molar-refractivity contribution in [1.29, 1.82) is 0 Å². The number of oxime groups is 3. The van der Waals surface area contributed by atoms with Crippen LogP contribution in [0.15, 0.2) is 180 Å². The van der Waals surface area contributed by atoms with Gasteiger partial charge in [0.25, 0.3) is 5.91 Å². The minimum absolute atomic E-state index is 0.161. The molecule has 1 saturated heterocycles. The fraction of sp³-hybridized carbons (Fsp3) is 0.161. The Morgan fingerprint density at radius 3 is 1.38 bits per heavy atom. The van der Waals surface area contributed by atoms with Crippen LogP contribution in [0, 0.1) is 0 Å². The van der Waals surface area contributed by atoms with Crippen molar-refractivity contribution in [2.75, 3.05) is 94.5 Å². The number of morpholine rings is 1. The molecule has 9 aromatic rings. The molecule has 0 radical (unpaired) electrons. The largest absolute Gasteiger partial charge is 0.493 e. The van der Waals surface area contributed by atoms with Crippen LogP contribution >= 0.6 is 11.6 Å². The molecule has 0 unspecified atom stereocenters. The number of nitrogens with two attached hydrogens (primary N) is 3. The van der Waals surface area contributed by atoms with Gasteiger partial charge in [-0.1, -0.05) is 93.8 Å². The molecule has 6 aromatic carbocycles. The number of aromatic nitrogens is 6. The van der Waals surface area contributed by atoms with E-state index in [0.717, 1.165) is 22.7 Å². The number of amides is 1. The number of rotatable bonds is 23. The molecule has 27 heteroatoms. The Balaban J connectivity index is 0.000000175. The number of hydrogen-bond acceptors (Lipinski definition) is 25. The minimum Gasteiger partial charge on any atom is -0.493 e. The van der Waals surface area contributed by atoms with Crippen molar-refractivity contribution in [2.24, 2.45) is 15.5 Å². The summed E-state index contributed by atoms with van der Waals surface area (Å²) in [4.78, 5) is 53.0. The Hall–Kier alpha value is -11.5. The molecular weight excluding hydrogens is 1160 g/mol. The van der Waals surface area contributed by atoms with E-state index in [1.54, 1.807) is 49.5 Å². The predicted molar refractivity (Wildman–Crippen MR) is 341 cm³/mol. The van der Waals surface area contributed by atoms with Gasteiger partial charge in [-0.25, -0.2) is 29.9 Å². The standard InChI is InChI=1S/C24H26N6O5.C19H18ClN5O2.C19H19N5O3/c1-32-21-13-17(7-8-20(21)35-18-5-3-2-4-6-18)29-24-19(23(25)26-16-27-24)14-28-34-15-22(31)30-9-11-33-12-10-30;1-26-24-10-15-18(21)22-12-23-19(15)25-14-7-8-17(16(20)9-14)27-11-13-5-3-2-4-6-13;1-25-17-10-13(8-9-16(17)27-14-6-4-3-5-7-14)24-19-15(11-23-26-2)18(20)21-12-22-19/h2-8,13-14,16H,9-12,15H2,1H3,(H3,25,26,27,29);2-10,12H,11H2,1H3,(H3,21,22,23,25);3-12H,1-2H3,(H3,20,21,22,24)/b28-14+;24-10+;23-11+. The lowest BCUT2D eigenvalue weighted by Gasteiger charge is -2.26. The van der Waals surface area contributed by atoms with E-state index in [0.29, 0.717) is 112 Å². The highest BCUT2D eigenvalue weighted by Gasteiger charge is 2.18. The first-order chi connectivity index (χ1) is 43.5. The average Bonchev–Trinajstić information content (AvgIpc) is 2.59. The third kappa shape index (κ3) is 19.0. The van der Waals surface area contributed by atoms with Crippen LogP contribution in [0.5, 0.6) is 40.2 Å². The number of carbonyl (C=O) groups is 1. The summed E-state index contributed by atoms with van der Waals surface area (Å²) in [6, 6.07) is 45.0. The molecule has 1 aliphatic rings. The summed E-state index contributed by atoms with van der Waals surface area (Å²) in [5, 5.41) is 21.3. The van der Waals surface area contributed by atoms with Crippen LogP contribution in [0.4, 0.5) is 52.0 Å². The Kier molecular flexibility index (Phi) is 23.7. The number of ether oxygens (including phenoxy) is 6. The highest BCUT2D eigenvalue weighted by atomic mass is 35.5. The fourth-order valence-electron chi connectivity index (χ4n) is 7.94. The molecule has 26 nitrogen and oxygen atoms in total. The molecule has 10 rings (SSSR count). The van der Waals surface area contributed by atoms with Crippen molar-refractivity contribution >= 4 is 88.1 Å². The normalized spacial score (nSPS) is 11.8. The maximum atomic E-state index is 12.2. The molecule has 1 fully saturated rings. The average molecular weight is 1230 g/mol. The van der Waals surface area contributed by atoms with Gasteiger partial charge in [-0.3, -0.25) is 4.79 Å². The molecule has 4 heterocycles. The number of carbonyl (C=O) groups excluding carboxylic acids is 1. The third-order valence-corrected chi connectivity index (χ3v) is 12.6. The van der Waals surface area contributed by atoms with Gasteiger partial charge in [0.2, 0.25) is 0 Å². The number of halogens is 1. The number of anilines is 9. The maximum Gasteiger partial charge on any atom is 0.263 e. The number of nitrogens with one attached hydrogen (secondary N) is 3. The zero-order chi connectivity index (χ0) is 62.6. The second-order valence-corrected chi connectivity index (χ2v) is 18.7. The lowest BCUT2D eigenvalue weighted by atomic mass is 10.2. The SMILES string of the molecule is CO/N=C/c1c(N)ncnc1Nc1ccc(OCc2ccccc2)c(Cl)c1.CO/N=C/c1c(N)ncnc1Nc1ccc(Oc2ccccc2)c(OC)c1.COc1cc(Nc2ncnc(N)c2/C=N/OCC(=O)N2CCOCC2)ccc1Oc1ccccc1. The summed E-state index contributed by atoms with van der Waals surface area (Å²) in [6.07, 6.45) is 8.32. The second kappa shape index (κ2) is 33.3. The zero-order valence-electron chi connectivity index (χ0n) is 48.7. The van der Waals surface area contributed by atoms with Crippen molar-refractivity contribution in [3.8, 4) is 40.2 Å². The van der Waals surface area contributed by atoms with Crippen LogP contribution in [0.3, 0.4) is 0 Å². The second-order valence-electron chi connectivity index (χ2n) is 18.3. The van der Waals surface area contributed by atoms with E-state index in [4.69, 9.17) is 71.7 Å². The van der Waals surface area contributed by atoms with Crippen LogP contribution in [0.2, 0.25) is 5.02 Å². The minimum atomic E-state index is -0.188. The Morgan fingerprint density at radius 2 is 0.955 bits per heavy atom. The van der Waals surface area contributed by atoms with E-state index in [2.05, 4.69) is 61.3 Å². The molecule has 1 amide bonds. The van der Waals surface area contributed by atoms with Gasteiger partial charge in [-0.15, -0.1) is 0 Å². The molecule has 0 saturated carbocycles. The monoisotopic (exact) mass is 1230 g/mol. The van der Waals surface area contributed by atoms with Crippen molar-refractivity contribution < 1.29 is 47.7 Å². The van der Waals surface area contributed by atoms with Gasteiger partial charge in [0, 0.05) is 42.3 Å². The lowest BCUT2D eigenvalue weighted by Crippen LogP contribution is -2.42. The van der Waals surface area contributed by atoms with E-state index < -0.39 is 0 Å². The molecule has 458 valence electrons. The smallest absolute Gasteiger partial charge is 0.263 e. The van der Waals surface area contributed by atoms with E-state index >= 15 is 0 Å². The number of para-hydroxylation sites is 2. The lowest BCUT2D eigenvalue weighted by molar-refractivity contribution is -0.140. The summed E-state index contributed by atoms with van der Waals surface area (Å²) in [6.45, 7) is 2.37. The number of benzene rings is 6. The van der Waals surface area contributed by atoms with Gasteiger partial charge in [0.15, 0.2) is 29.6 Å². The Bertz CT molecular complexity index is 3820. The summed E-state index contributed by atoms with van der Waals surface area (Å²) in [5.74, 6) is 6.24. The van der Waals surface area contributed by atoms with E-state index in [9.17, 15) is 4.79 Å². The summed E-state index contributed by atoms with van der Waals surface area (Å²) in [5.41, 5.74) is 22.4. The molecule has 0 aliphatic carbocycles. The first-order valence-electron chi connectivity index (χ1n) is 27.1. The number of nitrogens with zero attached hydrogens (tertiary/aromatic N) is 10. The van der Waals surface area contributed by atoms with Gasteiger partial charge in [-0.2, -0.15) is 0 Å². The topological polar surface area (TPSA) is 332 Å². The molecule has 0 atom stereocenters. The summed E-state index contributed by atoms with van der Waals surface area (Å²) < 4.78 is 33.7. The molecule has 1 aliphatic heterocycles. The summed E-state index contributed by atoms with van der Waals surface area (Å²) in [7, 11) is 6.03. The van der Waals surface area contributed by atoms with E-state index in [-0.39, 0.29) is 30.0 Å². The quantitative estimate of drug-likeness (QED) is 0.0256. The zero-order valence-corrected chi connectivity index (χ0v) is 49.5. The molecule has 0 bridgehead atoms. The summed E-state index contributed by atoms with van der Waals surface area (Å²) >= 11 is 6.35. The highest BCUT2D eigenvalue weighted by Crippen LogP contribution is 2.37. The van der Waals surface area contributed by atoms with Crippen LogP contribution < -0.4 is 56.8 Å². The van der Waals surface area contributed by atoms with Crippen molar-refractivity contribution in [3.63, 3.8) is 0 Å². The van der Waals surface area contributed by atoms with Crippen molar-refractivity contribution in [3.05, 3.63) is 192 Å². The van der Waals surface area contributed by atoms with Gasteiger partial charge >= 0.3 is 0 Å². The van der Waals surface area contributed by atoms with Crippen LogP contribution in [-0.4, -0.2) is 121 Å².